The van der Waals surface area contributed by atoms with Crippen LogP contribution in [-0.2, 0) is 0 Å². The summed E-state index contributed by atoms with van der Waals surface area (Å²) in [6, 6.07) is 21.2. The number of ether oxygens (including phenoxy) is 4. The Morgan fingerprint density at radius 1 is 0.655 bits per heavy atom. The summed E-state index contributed by atoms with van der Waals surface area (Å²) in [5.74, 6) is 2.66. The highest BCUT2D eigenvalue weighted by Gasteiger charge is 2.24. The maximum absolute atomic E-state index is 9.16. The molecule has 0 unspecified atom stereocenters. The number of nitriles is 1. The minimum atomic E-state index is -0.176. The molecule has 0 fully saturated rings. The molecule has 0 saturated carbocycles. The third-order valence-corrected chi connectivity index (χ3v) is 4.88. The van der Waals surface area contributed by atoms with Gasteiger partial charge in [-0.1, -0.05) is 24.3 Å². The zero-order valence-electron chi connectivity index (χ0n) is 16.9. The number of hydrogen-bond acceptors (Lipinski definition) is 5. The lowest BCUT2D eigenvalue weighted by atomic mass is 9.83. The standard InChI is InChI=1S/C24H23NO4/c1-26-18-9-11-20(22(13-18)28-3)24(17-7-5-16(15-25)6-8-17)21-12-10-19(27-2)14-23(21)29-4/h5-14,24H,1-4H3. The lowest BCUT2D eigenvalue weighted by Gasteiger charge is -2.24. The van der Waals surface area contributed by atoms with Crippen LogP contribution in [0.15, 0.2) is 60.7 Å². The maximum Gasteiger partial charge on any atom is 0.126 e. The second-order valence-electron chi connectivity index (χ2n) is 6.38. The summed E-state index contributed by atoms with van der Waals surface area (Å²) in [6.45, 7) is 0. The molecule has 5 heteroatoms. The Bertz CT molecular complexity index is 967. The lowest BCUT2D eigenvalue weighted by molar-refractivity contribution is 0.386. The Morgan fingerprint density at radius 2 is 1.14 bits per heavy atom. The molecule has 5 nitrogen and oxygen atoms in total. The van der Waals surface area contributed by atoms with Crippen LogP contribution in [0.5, 0.6) is 23.0 Å². The summed E-state index contributed by atoms with van der Waals surface area (Å²) in [6.07, 6.45) is 0. The number of rotatable bonds is 7. The van der Waals surface area contributed by atoms with Gasteiger partial charge in [0, 0.05) is 29.2 Å². The first-order chi connectivity index (χ1) is 14.1. The van der Waals surface area contributed by atoms with E-state index in [4.69, 9.17) is 24.2 Å². The normalized spacial score (nSPS) is 10.3. The molecule has 3 aromatic carbocycles. The van der Waals surface area contributed by atoms with Crippen molar-refractivity contribution in [1.82, 2.24) is 0 Å². The van der Waals surface area contributed by atoms with Gasteiger partial charge in [0.1, 0.15) is 23.0 Å². The fraction of sp³-hybridized carbons (Fsp3) is 0.208. The highest BCUT2D eigenvalue weighted by atomic mass is 16.5. The lowest BCUT2D eigenvalue weighted by Crippen LogP contribution is -2.08. The Kier molecular flexibility index (Phi) is 6.25. The van der Waals surface area contributed by atoms with Crippen molar-refractivity contribution in [1.29, 1.82) is 5.26 Å². The average molecular weight is 389 g/mol. The molecule has 0 aliphatic rings. The summed E-state index contributed by atoms with van der Waals surface area (Å²) < 4.78 is 22.1. The van der Waals surface area contributed by atoms with Crippen LogP contribution in [0.4, 0.5) is 0 Å². The first kappa shape index (κ1) is 20.1. The van der Waals surface area contributed by atoms with E-state index in [1.807, 2.05) is 60.7 Å². The van der Waals surface area contributed by atoms with Crippen LogP contribution in [-0.4, -0.2) is 28.4 Å². The molecule has 0 aliphatic heterocycles. The van der Waals surface area contributed by atoms with Gasteiger partial charge >= 0.3 is 0 Å². The number of nitrogens with zero attached hydrogens (tertiary/aromatic N) is 1. The van der Waals surface area contributed by atoms with Crippen molar-refractivity contribution in [3.05, 3.63) is 82.9 Å². The van der Waals surface area contributed by atoms with Gasteiger partial charge in [0.15, 0.2) is 0 Å². The van der Waals surface area contributed by atoms with Gasteiger partial charge in [0.2, 0.25) is 0 Å². The molecule has 0 heterocycles. The van der Waals surface area contributed by atoms with Gasteiger partial charge in [0.05, 0.1) is 40.1 Å². The van der Waals surface area contributed by atoms with Crippen molar-refractivity contribution < 1.29 is 18.9 Å². The van der Waals surface area contributed by atoms with E-state index in [1.54, 1.807) is 28.4 Å². The van der Waals surface area contributed by atoms with Crippen LogP contribution in [0, 0.1) is 11.3 Å². The molecular formula is C24H23NO4. The molecule has 0 atom stereocenters. The summed E-state index contributed by atoms with van der Waals surface area (Å²) in [7, 11) is 6.52. The molecule has 29 heavy (non-hydrogen) atoms. The van der Waals surface area contributed by atoms with Crippen molar-refractivity contribution >= 4 is 0 Å². The topological polar surface area (TPSA) is 60.7 Å². The van der Waals surface area contributed by atoms with Gasteiger partial charge < -0.3 is 18.9 Å². The SMILES string of the molecule is COc1ccc(C(c2ccc(C#N)cc2)c2ccc(OC)cc2OC)c(OC)c1. The van der Waals surface area contributed by atoms with Crippen LogP contribution < -0.4 is 18.9 Å². The molecule has 3 rings (SSSR count). The zero-order chi connectivity index (χ0) is 20.8. The molecule has 0 amide bonds. The second kappa shape index (κ2) is 9.03. The van der Waals surface area contributed by atoms with Gasteiger partial charge in [-0.05, 0) is 29.8 Å². The minimum Gasteiger partial charge on any atom is -0.497 e. The van der Waals surface area contributed by atoms with Crippen LogP contribution in [0.3, 0.4) is 0 Å². The second-order valence-corrected chi connectivity index (χ2v) is 6.38. The van der Waals surface area contributed by atoms with Gasteiger partial charge in [-0.25, -0.2) is 0 Å². The quantitative estimate of drug-likeness (QED) is 0.545. The Morgan fingerprint density at radius 3 is 1.52 bits per heavy atom. The summed E-state index contributed by atoms with van der Waals surface area (Å²) in [5, 5.41) is 9.16. The predicted octanol–water partition coefficient (Wildman–Crippen LogP) is 4.77. The van der Waals surface area contributed by atoms with Crippen LogP contribution in [0.2, 0.25) is 0 Å². The van der Waals surface area contributed by atoms with Crippen molar-refractivity contribution in [2.24, 2.45) is 0 Å². The third-order valence-electron chi connectivity index (χ3n) is 4.88. The van der Waals surface area contributed by atoms with Crippen LogP contribution in [0.1, 0.15) is 28.2 Å². The average Bonchev–Trinajstić information content (AvgIpc) is 2.79. The van der Waals surface area contributed by atoms with Gasteiger partial charge in [0.25, 0.3) is 0 Å². The molecule has 0 N–H and O–H groups in total. The van der Waals surface area contributed by atoms with Crippen molar-refractivity contribution in [2.75, 3.05) is 28.4 Å². The molecule has 148 valence electrons. The highest BCUT2D eigenvalue weighted by molar-refractivity contribution is 5.56. The number of methoxy groups -OCH3 is 4. The molecule has 3 aromatic rings. The first-order valence-electron chi connectivity index (χ1n) is 9.09. The van der Waals surface area contributed by atoms with Gasteiger partial charge in [-0.15, -0.1) is 0 Å². The van der Waals surface area contributed by atoms with Crippen molar-refractivity contribution in [3.63, 3.8) is 0 Å². The molecule has 0 radical (unpaired) electrons. The predicted molar refractivity (Wildman–Crippen MR) is 111 cm³/mol. The van der Waals surface area contributed by atoms with Gasteiger partial charge in [-0.2, -0.15) is 5.26 Å². The Balaban J connectivity index is 2.24. The maximum atomic E-state index is 9.16. The Hall–Kier alpha value is -3.65. The van der Waals surface area contributed by atoms with E-state index in [-0.39, 0.29) is 5.92 Å². The smallest absolute Gasteiger partial charge is 0.126 e. The molecule has 0 aliphatic carbocycles. The minimum absolute atomic E-state index is 0.176. The van der Waals surface area contributed by atoms with Crippen molar-refractivity contribution in [2.45, 2.75) is 5.92 Å². The largest absolute Gasteiger partial charge is 0.497 e. The van der Waals surface area contributed by atoms with E-state index in [2.05, 4.69) is 6.07 Å². The third kappa shape index (κ3) is 4.12. The zero-order valence-corrected chi connectivity index (χ0v) is 16.9. The van der Waals surface area contributed by atoms with Gasteiger partial charge in [-0.3, -0.25) is 0 Å². The number of benzene rings is 3. The summed E-state index contributed by atoms with van der Waals surface area (Å²) in [4.78, 5) is 0. The summed E-state index contributed by atoms with van der Waals surface area (Å²) >= 11 is 0. The molecule has 0 bridgehead atoms. The van der Waals surface area contributed by atoms with E-state index < -0.39 is 0 Å². The van der Waals surface area contributed by atoms with E-state index in [1.165, 1.54) is 0 Å². The molecule has 0 saturated heterocycles. The fourth-order valence-corrected chi connectivity index (χ4v) is 3.39. The fourth-order valence-electron chi connectivity index (χ4n) is 3.39. The van der Waals surface area contributed by atoms with E-state index >= 15 is 0 Å². The molecule has 0 spiro atoms. The van der Waals surface area contributed by atoms with E-state index in [9.17, 15) is 0 Å². The molecule has 0 aromatic heterocycles. The highest BCUT2D eigenvalue weighted by Crippen LogP contribution is 2.43. The first-order valence-corrected chi connectivity index (χ1v) is 9.09. The van der Waals surface area contributed by atoms with Crippen LogP contribution >= 0.6 is 0 Å². The van der Waals surface area contributed by atoms with Crippen molar-refractivity contribution in [3.8, 4) is 29.1 Å². The Labute approximate surface area is 171 Å². The van der Waals surface area contributed by atoms with Crippen LogP contribution in [0.25, 0.3) is 0 Å². The summed E-state index contributed by atoms with van der Waals surface area (Å²) in [5.41, 5.74) is 3.54. The van der Waals surface area contributed by atoms with E-state index in [0.717, 1.165) is 16.7 Å². The number of hydrogen-bond donors (Lipinski definition) is 0. The molecular weight excluding hydrogens is 366 g/mol. The monoisotopic (exact) mass is 389 g/mol. The van der Waals surface area contributed by atoms with E-state index in [0.29, 0.717) is 28.6 Å².